The number of thiophene rings is 1. The van der Waals surface area contributed by atoms with E-state index < -0.39 is 7.14 Å². The number of rotatable bonds is 10. The molecule has 6 rings (SSSR count). The number of hydrogen-bond donors (Lipinski definition) is 2. The highest BCUT2D eigenvalue weighted by Gasteiger charge is 2.27. The maximum Gasteiger partial charge on any atom is 0.229 e. The molecule has 0 saturated carbocycles. The highest BCUT2D eigenvalue weighted by molar-refractivity contribution is 7.71. The molecule has 2 aromatic heterocycles. The first-order valence-electron chi connectivity index (χ1n) is 15.2. The number of methoxy groups -OCH3 is 1. The molecule has 2 aliphatic heterocycles. The van der Waals surface area contributed by atoms with Crippen LogP contribution in [-0.4, -0.2) is 66.5 Å². The number of benzene rings is 2. The SMILES string of the molecule is CCP(=O)(CC)c1ccccc1Nc1nc(Nc2ccc(N3CCC(N4CCCC4)CC3)cc2OC)nc2ccsc12. The van der Waals surface area contributed by atoms with Crippen molar-refractivity contribution in [3.63, 3.8) is 0 Å². The van der Waals surface area contributed by atoms with Crippen LogP contribution in [0.4, 0.5) is 28.8 Å². The van der Waals surface area contributed by atoms with Crippen LogP contribution in [0, 0.1) is 0 Å². The van der Waals surface area contributed by atoms with Crippen molar-refractivity contribution in [2.24, 2.45) is 0 Å². The van der Waals surface area contributed by atoms with Crippen LogP contribution in [-0.2, 0) is 4.57 Å². The largest absolute Gasteiger partial charge is 0.494 e. The summed E-state index contributed by atoms with van der Waals surface area (Å²) in [5, 5.41) is 9.81. The van der Waals surface area contributed by atoms with Gasteiger partial charge in [-0.3, -0.25) is 0 Å². The van der Waals surface area contributed by atoms with E-state index in [0.29, 0.717) is 24.1 Å². The van der Waals surface area contributed by atoms with Crippen LogP contribution < -0.4 is 25.6 Å². The molecule has 2 N–H and O–H groups in total. The van der Waals surface area contributed by atoms with Crippen molar-refractivity contribution in [1.82, 2.24) is 14.9 Å². The predicted octanol–water partition coefficient (Wildman–Crippen LogP) is 7.28. The van der Waals surface area contributed by atoms with Gasteiger partial charge in [0.25, 0.3) is 0 Å². The van der Waals surface area contributed by atoms with E-state index in [1.54, 1.807) is 18.4 Å². The number of para-hydroxylation sites is 1. The summed E-state index contributed by atoms with van der Waals surface area (Å²) in [5.41, 5.74) is 3.68. The molecular weight excluding hydrogens is 563 g/mol. The highest BCUT2D eigenvalue weighted by Crippen LogP contribution is 2.46. The Morgan fingerprint density at radius 1 is 0.952 bits per heavy atom. The van der Waals surface area contributed by atoms with Crippen LogP contribution >= 0.6 is 18.5 Å². The zero-order valence-corrected chi connectivity index (χ0v) is 26.5. The van der Waals surface area contributed by atoms with Gasteiger partial charge in [-0.05, 0) is 74.5 Å². The summed E-state index contributed by atoms with van der Waals surface area (Å²) in [5.74, 6) is 1.93. The Balaban J connectivity index is 1.23. The molecule has 0 radical (unpaired) electrons. The second-order valence-corrected chi connectivity index (χ2v) is 15.6. The molecule has 4 heterocycles. The Bertz CT molecular complexity index is 1570. The minimum absolute atomic E-state index is 0.479. The molecule has 0 atom stereocenters. The molecule has 0 aliphatic carbocycles. The lowest BCUT2D eigenvalue weighted by atomic mass is 10.0. The first kappa shape index (κ1) is 29.0. The van der Waals surface area contributed by atoms with Crippen molar-refractivity contribution < 1.29 is 9.30 Å². The maximum absolute atomic E-state index is 13.7. The third-order valence-electron chi connectivity index (χ3n) is 8.84. The molecule has 0 unspecified atom stereocenters. The minimum atomic E-state index is -2.50. The van der Waals surface area contributed by atoms with Crippen molar-refractivity contribution in [3.8, 4) is 5.75 Å². The smallest absolute Gasteiger partial charge is 0.229 e. The molecular formula is C32H41N6O2PS. The Labute approximate surface area is 252 Å². The van der Waals surface area contributed by atoms with Gasteiger partial charge < -0.3 is 29.7 Å². The van der Waals surface area contributed by atoms with E-state index >= 15 is 0 Å². The molecule has 10 heteroatoms. The summed E-state index contributed by atoms with van der Waals surface area (Å²) in [6, 6.07) is 16.9. The van der Waals surface area contributed by atoms with Crippen LogP contribution in [0.25, 0.3) is 10.2 Å². The number of aromatic nitrogens is 2. The number of nitrogens with zero attached hydrogens (tertiary/aromatic N) is 4. The number of nitrogens with one attached hydrogen (secondary N) is 2. The second kappa shape index (κ2) is 12.6. The number of piperidine rings is 1. The van der Waals surface area contributed by atoms with Gasteiger partial charge in [-0.15, -0.1) is 11.3 Å². The van der Waals surface area contributed by atoms with Crippen LogP contribution in [0.3, 0.4) is 0 Å². The van der Waals surface area contributed by atoms with E-state index in [-0.39, 0.29) is 0 Å². The number of ether oxygens (including phenoxy) is 1. The quantitative estimate of drug-likeness (QED) is 0.183. The summed E-state index contributed by atoms with van der Waals surface area (Å²) in [6.45, 7) is 8.66. The predicted molar refractivity (Wildman–Crippen MR) is 178 cm³/mol. The van der Waals surface area contributed by atoms with Crippen LogP contribution in [0.5, 0.6) is 5.75 Å². The molecule has 2 fully saturated rings. The fraction of sp³-hybridized carbons (Fsp3) is 0.438. The molecule has 2 aromatic carbocycles. The first-order valence-corrected chi connectivity index (χ1v) is 18.1. The van der Waals surface area contributed by atoms with Gasteiger partial charge in [0.05, 0.1) is 28.7 Å². The molecule has 8 nitrogen and oxygen atoms in total. The topological polar surface area (TPSA) is 82.6 Å². The van der Waals surface area contributed by atoms with Crippen molar-refractivity contribution in [2.75, 3.05) is 61.1 Å². The fourth-order valence-corrected chi connectivity index (χ4v) is 9.16. The Morgan fingerprint density at radius 3 is 2.45 bits per heavy atom. The van der Waals surface area contributed by atoms with Gasteiger partial charge in [0.15, 0.2) is 5.82 Å². The lowest BCUT2D eigenvalue weighted by molar-refractivity contribution is 0.208. The molecule has 4 aromatic rings. The van der Waals surface area contributed by atoms with Gasteiger partial charge in [-0.25, -0.2) is 4.98 Å². The van der Waals surface area contributed by atoms with Crippen molar-refractivity contribution >= 4 is 62.8 Å². The first-order chi connectivity index (χ1) is 20.5. The normalized spacial score (nSPS) is 16.7. The van der Waals surface area contributed by atoms with Crippen molar-refractivity contribution in [1.29, 1.82) is 0 Å². The van der Waals surface area contributed by atoms with Crippen LogP contribution in [0.15, 0.2) is 53.9 Å². The molecule has 222 valence electrons. The van der Waals surface area contributed by atoms with Gasteiger partial charge in [0, 0.05) is 48.5 Å². The second-order valence-electron chi connectivity index (χ2n) is 11.2. The average Bonchev–Trinajstić information content (AvgIpc) is 3.74. The lowest BCUT2D eigenvalue weighted by Crippen LogP contribution is -2.43. The standard InChI is InChI=1S/C32H41N6O2PS/c1-4-41(39,5-2)29-11-7-6-10-26(29)33-31-30-27(16-21-42-30)35-32(36-31)34-25-13-12-24(22-28(25)40-3)38-19-14-23(15-20-38)37-17-8-9-18-37/h6-7,10-13,16,21-23H,4-5,8-9,14-15,17-20H2,1-3H3,(H2,33,34,35,36). The summed E-state index contributed by atoms with van der Waals surface area (Å²) in [4.78, 5) is 14.8. The number of fused-ring (bicyclic) bond motifs is 1. The summed E-state index contributed by atoms with van der Waals surface area (Å²) in [7, 11) is -0.793. The summed E-state index contributed by atoms with van der Waals surface area (Å²) >= 11 is 1.59. The van der Waals surface area contributed by atoms with Gasteiger partial charge in [-0.1, -0.05) is 26.0 Å². The van der Waals surface area contributed by atoms with Crippen molar-refractivity contribution in [3.05, 3.63) is 53.9 Å². The molecule has 0 bridgehead atoms. The van der Waals surface area contributed by atoms with Gasteiger partial charge in [-0.2, -0.15) is 4.98 Å². The minimum Gasteiger partial charge on any atom is -0.494 e. The van der Waals surface area contributed by atoms with Crippen molar-refractivity contribution in [2.45, 2.75) is 45.6 Å². The van der Waals surface area contributed by atoms with E-state index in [9.17, 15) is 4.57 Å². The van der Waals surface area contributed by atoms with E-state index in [4.69, 9.17) is 14.7 Å². The zero-order chi connectivity index (χ0) is 29.1. The Hall–Kier alpha value is -3.13. The average molecular weight is 605 g/mol. The molecule has 2 aliphatic rings. The summed E-state index contributed by atoms with van der Waals surface area (Å²) in [6.07, 6.45) is 6.36. The van der Waals surface area contributed by atoms with Gasteiger partial charge in [0.2, 0.25) is 5.95 Å². The lowest BCUT2D eigenvalue weighted by Gasteiger charge is -2.38. The van der Waals surface area contributed by atoms with E-state index in [0.717, 1.165) is 51.8 Å². The van der Waals surface area contributed by atoms with E-state index in [1.165, 1.54) is 44.5 Å². The third kappa shape index (κ3) is 5.87. The summed E-state index contributed by atoms with van der Waals surface area (Å²) < 4.78 is 20.5. The van der Waals surface area contributed by atoms with Gasteiger partial charge in [0.1, 0.15) is 12.9 Å². The Kier molecular flexibility index (Phi) is 8.70. The molecule has 0 amide bonds. The monoisotopic (exact) mass is 604 g/mol. The number of anilines is 5. The van der Waals surface area contributed by atoms with E-state index in [1.807, 2.05) is 49.6 Å². The highest BCUT2D eigenvalue weighted by atomic mass is 32.1. The van der Waals surface area contributed by atoms with Crippen LogP contribution in [0.2, 0.25) is 0 Å². The zero-order valence-electron chi connectivity index (χ0n) is 24.8. The Morgan fingerprint density at radius 2 is 1.71 bits per heavy atom. The molecule has 42 heavy (non-hydrogen) atoms. The van der Waals surface area contributed by atoms with E-state index in [2.05, 4.69) is 38.6 Å². The van der Waals surface area contributed by atoms with Crippen LogP contribution in [0.1, 0.15) is 39.5 Å². The number of hydrogen-bond acceptors (Lipinski definition) is 9. The fourth-order valence-electron chi connectivity index (χ4n) is 6.33. The maximum atomic E-state index is 13.7. The number of likely N-dealkylation sites (tertiary alicyclic amines) is 1. The third-order valence-corrected chi connectivity index (χ3v) is 13.1. The molecule has 0 spiro atoms. The molecule has 2 saturated heterocycles. The van der Waals surface area contributed by atoms with Gasteiger partial charge >= 0.3 is 0 Å².